The Morgan fingerprint density at radius 2 is 1.86 bits per heavy atom. The van der Waals surface area contributed by atoms with Crippen LogP contribution in [-0.4, -0.2) is 8.42 Å². The van der Waals surface area contributed by atoms with E-state index in [1.54, 1.807) is 37.3 Å². The van der Waals surface area contributed by atoms with Gasteiger partial charge in [-0.25, -0.2) is 13.1 Å². The zero-order valence-electron chi connectivity index (χ0n) is 12.0. The first kappa shape index (κ1) is 16.0. The summed E-state index contributed by atoms with van der Waals surface area (Å²) in [6, 6.07) is 13.9. The van der Waals surface area contributed by atoms with Gasteiger partial charge in [0.2, 0.25) is 10.0 Å². The van der Waals surface area contributed by atoms with Gasteiger partial charge < -0.3 is 0 Å². The lowest BCUT2D eigenvalue weighted by Gasteiger charge is -2.18. The third kappa shape index (κ3) is 3.84. The highest BCUT2D eigenvalue weighted by Gasteiger charge is 2.21. The molecular weight excluding hydrogens is 306 g/mol. The number of hydrogen-bond donors (Lipinski definition) is 1. The highest BCUT2D eigenvalue weighted by molar-refractivity contribution is 7.89. The molecule has 21 heavy (non-hydrogen) atoms. The quantitative estimate of drug-likeness (QED) is 0.901. The molecule has 0 aliphatic rings. The van der Waals surface area contributed by atoms with Crippen LogP contribution in [0.15, 0.2) is 53.4 Å². The minimum Gasteiger partial charge on any atom is -0.207 e. The summed E-state index contributed by atoms with van der Waals surface area (Å²) in [6.45, 7) is 3.72. The van der Waals surface area contributed by atoms with Gasteiger partial charge in [-0.15, -0.1) is 0 Å². The van der Waals surface area contributed by atoms with Crippen molar-refractivity contribution >= 4 is 21.6 Å². The third-order valence-electron chi connectivity index (χ3n) is 3.34. The Kier molecular flexibility index (Phi) is 5.04. The molecule has 0 fully saturated rings. The van der Waals surface area contributed by atoms with Crippen molar-refractivity contribution in [3.8, 4) is 0 Å². The molecule has 2 aromatic rings. The lowest BCUT2D eigenvalue weighted by Crippen LogP contribution is -2.28. The highest BCUT2D eigenvalue weighted by atomic mass is 35.5. The fourth-order valence-electron chi connectivity index (χ4n) is 2.22. The van der Waals surface area contributed by atoms with Crippen molar-refractivity contribution in [2.45, 2.75) is 31.2 Å². The van der Waals surface area contributed by atoms with Crippen molar-refractivity contribution in [1.29, 1.82) is 0 Å². The molecule has 2 aromatic carbocycles. The summed E-state index contributed by atoms with van der Waals surface area (Å²) in [4.78, 5) is 0.311. The fraction of sp³-hybridized carbons (Fsp3) is 0.250. The SMILES string of the molecule is CCC(NS(=O)(=O)c1ccccc1C)c1cccc(Cl)c1. The molecule has 0 aromatic heterocycles. The first-order valence-corrected chi connectivity index (χ1v) is 8.63. The van der Waals surface area contributed by atoms with E-state index >= 15 is 0 Å². The van der Waals surface area contributed by atoms with E-state index in [-0.39, 0.29) is 6.04 Å². The van der Waals surface area contributed by atoms with Crippen LogP contribution in [0.2, 0.25) is 5.02 Å². The second-order valence-electron chi connectivity index (χ2n) is 4.90. The maximum atomic E-state index is 12.5. The van der Waals surface area contributed by atoms with Crippen LogP contribution in [0.4, 0.5) is 0 Å². The molecular formula is C16H18ClNO2S. The molecule has 3 nitrogen and oxygen atoms in total. The molecule has 5 heteroatoms. The predicted molar refractivity (Wildman–Crippen MR) is 86.0 cm³/mol. The van der Waals surface area contributed by atoms with E-state index in [1.165, 1.54) is 0 Å². The van der Waals surface area contributed by atoms with Crippen molar-refractivity contribution in [3.05, 3.63) is 64.7 Å². The van der Waals surface area contributed by atoms with Gasteiger partial charge in [0.15, 0.2) is 0 Å². The number of aryl methyl sites for hydroxylation is 1. The molecule has 2 rings (SSSR count). The number of rotatable bonds is 5. The molecule has 1 N–H and O–H groups in total. The lowest BCUT2D eigenvalue weighted by atomic mass is 10.1. The zero-order chi connectivity index (χ0) is 15.5. The van der Waals surface area contributed by atoms with E-state index in [0.29, 0.717) is 16.3 Å². The number of hydrogen-bond acceptors (Lipinski definition) is 2. The van der Waals surface area contributed by atoms with Crippen LogP contribution < -0.4 is 4.72 Å². The standard InChI is InChI=1S/C16H18ClNO2S/c1-3-15(13-8-6-9-14(17)11-13)18-21(19,20)16-10-5-4-7-12(16)2/h4-11,15,18H,3H2,1-2H3. The second kappa shape index (κ2) is 6.60. The molecule has 0 bridgehead atoms. The van der Waals surface area contributed by atoms with E-state index in [9.17, 15) is 8.42 Å². The van der Waals surface area contributed by atoms with Gasteiger partial charge in [0.05, 0.1) is 4.90 Å². The van der Waals surface area contributed by atoms with E-state index in [0.717, 1.165) is 11.1 Å². The molecule has 0 heterocycles. The Morgan fingerprint density at radius 3 is 2.48 bits per heavy atom. The molecule has 0 saturated heterocycles. The maximum Gasteiger partial charge on any atom is 0.241 e. The first-order chi connectivity index (χ1) is 9.94. The molecule has 0 aliphatic carbocycles. The Hall–Kier alpha value is -1.36. The number of sulfonamides is 1. The number of halogens is 1. The smallest absolute Gasteiger partial charge is 0.207 e. The van der Waals surface area contributed by atoms with Gasteiger partial charge in [0.25, 0.3) is 0 Å². The largest absolute Gasteiger partial charge is 0.241 e. The van der Waals surface area contributed by atoms with E-state index in [1.807, 2.05) is 25.1 Å². The van der Waals surface area contributed by atoms with Gasteiger partial charge in [-0.3, -0.25) is 0 Å². The van der Waals surface area contributed by atoms with E-state index in [2.05, 4.69) is 4.72 Å². The van der Waals surface area contributed by atoms with Crippen LogP contribution in [-0.2, 0) is 10.0 Å². The van der Waals surface area contributed by atoms with Gasteiger partial charge >= 0.3 is 0 Å². The van der Waals surface area contributed by atoms with Gasteiger partial charge in [0.1, 0.15) is 0 Å². The average Bonchev–Trinajstić information content (AvgIpc) is 2.45. The summed E-state index contributed by atoms with van der Waals surface area (Å²) in [7, 11) is -3.56. The van der Waals surface area contributed by atoms with Crippen molar-refractivity contribution < 1.29 is 8.42 Å². The number of benzene rings is 2. The zero-order valence-corrected chi connectivity index (χ0v) is 13.6. The monoisotopic (exact) mass is 323 g/mol. The Bertz CT molecular complexity index is 729. The number of nitrogens with one attached hydrogen (secondary N) is 1. The summed E-state index contributed by atoms with van der Waals surface area (Å²) < 4.78 is 27.8. The minimum absolute atomic E-state index is 0.298. The normalized spacial score (nSPS) is 13.1. The minimum atomic E-state index is -3.56. The summed E-state index contributed by atoms with van der Waals surface area (Å²) in [6.07, 6.45) is 0.644. The van der Waals surface area contributed by atoms with Gasteiger partial charge in [-0.05, 0) is 42.7 Å². The van der Waals surface area contributed by atoms with E-state index < -0.39 is 10.0 Å². The van der Waals surface area contributed by atoms with Crippen LogP contribution in [0, 0.1) is 6.92 Å². The van der Waals surface area contributed by atoms with Crippen LogP contribution in [0.1, 0.15) is 30.5 Å². The molecule has 1 atom stereocenters. The Morgan fingerprint density at radius 1 is 1.14 bits per heavy atom. The van der Waals surface area contributed by atoms with Crippen LogP contribution in [0.5, 0.6) is 0 Å². The summed E-state index contributed by atoms with van der Waals surface area (Å²) in [5, 5.41) is 0.598. The molecule has 1 unspecified atom stereocenters. The predicted octanol–water partition coefficient (Wildman–Crippen LogP) is 4.08. The Labute approximate surface area is 131 Å². The van der Waals surface area contributed by atoms with Crippen molar-refractivity contribution in [1.82, 2.24) is 4.72 Å². The second-order valence-corrected chi connectivity index (χ2v) is 7.02. The van der Waals surface area contributed by atoms with Crippen molar-refractivity contribution in [3.63, 3.8) is 0 Å². The first-order valence-electron chi connectivity index (χ1n) is 6.77. The van der Waals surface area contributed by atoms with E-state index in [4.69, 9.17) is 11.6 Å². The van der Waals surface area contributed by atoms with Crippen LogP contribution >= 0.6 is 11.6 Å². The molecule has 0 radical (unpaired) electrons. The highest BCUT2D eigenvalue weighted by Crippen LogP contribution is 2.23. The van der Waals surface area contributed by atoms with Gasteiger partial charge in [-0.1, -0.05) is 48.9 Å². The van der Waals surface area contributed by atoms with Crippen molar-refractivity contribution in [2.75, 3.05) is 0 Å². The van der Waals surface area contributed by atoms with Gasteiger partial charge in [0, 0.05) is 11.1 Å². The third-order valence-corrected chi connectivity index (χ3v) is 5.21. The molecule has 0 saturated carbocycles. The average molecular weight is 324 g/mol. The van der Waals surface area contributed by atoms with Gasteiger partial charge in [-0.2, -0.15) is 0 Å². The lowest BCUT2D eigenvalue weighted by molar-refractivity contribution is 0.549. The molecule has 0 spiro atoms. The molecule has 0 amide bonds. The van der Waals surface area contributed by atoms with Crippen LogP contribution in [0.25, 0.3) is 0 Å². The summed E-state index contributed by atoms with van der Waals surface area (Å²) in [5.41, 5.74) is 1.59. The van der Waals surface area contributed by atoms with Crippen LogP contribution in [0.3, 0.4) is 0 Å². The Balaban J connectivity index is 2.32. The fourth-order valence-corrected chi connectivity index (χ4v) is 3.97. The topological polar surface area (TPSA) is 46.2 Å². The maximum absolute atomic E-state index is 12.5. The summed E-state index contributed by atoms with van der Waals surface area (Å²) >= 11 is 5.98. The van der Waals surface area contributed by atoms with Crippen molar-refractivity contribution in [2.24, 2.45) is 0 Å². The molecule has 112 valence electrons. The summed E-state index contributed by atoms with van der Waals surface area (Å²) in [5.74, 6) is 0. The molecule has 0 aliphatic heterocycles.